The normalized spacial score (nSPS) is 13.5. The van der Waals surface area contributed by atoms with E-state index in [4.69, 9.17) is 5.73 Å². The minimum absolute atomic E-state index is 0.0279. The first-order valence-electron chi connectivity index (χ1n) is 3.72. The number of nitrogens with two attached hydrogens (primary N) is 1. The van der Waals surface area contributed by atoms with Crippen LogP contribution >= 0.6 is 0 Å². The summed E-state index contributed by atoms with van der Waals surface area (Å²) in [6.07, 6.45) is -1.28. The van der Waals surface area contributed by atoms with E-state index in [0.717, 1.165) is 5.57 Å². The van der Waals surface area contributed by atoms with Crippen molar-refractivity contribution in [2.75, 3.05) is 0 Å². The van der Waals surface area contributed by atoms with Gasteiger partial charge in [-0.05, 0) is 19.8 Å². The molecule has 0 spiro atoms. The van der Waals surface area contributed by atoms with Crippen molar-refractivity contribution in [2.24, 2.45) is 5.73 Å². The van der Waals surface area contributed by atoms with Gasteiger partial charge in [-0.25, -0.2) is 8.78 Å². The Labute approximate surface area is 66.3 Å². The molecule has 0 saturated heterocycles. The van der Waals surface area contributed by atoms with E-state index < -0.39 is 6.43 Å². The minimum atomic E-state index is -2.22. The molecule has 0 rings (SSSR count). The van der Waals surface area contributed by atoms with Gasteiger partial charge in [0.25, 0.3) is 0 Å². The SMILES string of the molecule is C=C(CCC(F)F)C[C@@H](C)N. The van der Waals surface area contributed by atoms with Gasteiger partial charge in [-0.1, -0.05) is 12.2 Å². The zero-order valence-corrected chi connectivity index (χ0v) is 6.82. The van der Waals surface area contributed by atoms with Crippen LogP contribution in [0.5, 0.6) is 0 Å². The van der Waals surface area contributed by atoms with E-state index in [1.807, 2.05) is 6.92 Å². The van der Waals surface area contributed by atoms with Crippen LogP contribution in [0.1, 0.15) is 26.2 Å². The number of halogens is 2. The number of hydrogen-bond acceptors (Lipinski definition) is 1. The molecule has 0 amide bonds. The molecule has 2 N–H and O–H groups in total. The zero-order chi connectivity index (χ0) is 8.85. The summed E-state index contributed by atoms with van der Waals surface area (Å²) in [5, 5.41) is 0. The van der Waals surface area contributed by atoms with E-state index in [0.29, 0.717) is 12.8 Å². The van der Waals surface area contributed by atoms with Crippen LogP contribution in [0.15, 0.2) is 12.2 Å². The van der Waals surface area contributed by atoms with Gasteiger partial charge in [0.2, 0.25) is 6.43 Å². The van der Waals surface area contributed by atoms with Crippen LogP contribution in [-0.4, -0.2) is 12.5 Å². The second-order valence-electron chi connectivity index (χ2n) is 2.86. The molecule has 0 aliphatic carbocycles. The molecule has 3 heteroatoms. The van der Waals surface area contributed by atoms with Crippen LogP contribution in [0.4, 0.5) is 8.78 Å². The number of hydrogen-bond donors (Lipinski definition) is 1. The molecule has 0 aromatic rings. The second kappa shape index (κ2) is 5.24. The topological polar surface area (TPSA) is 26.0 Å². The van der Waals surface area contributed by atoms with Gasteiger partial charge >= 0.3 is 0 Å². The molecule has 66 valence electrons. The summed E-state index contributed by atoms with van der Waals surface area (Å²) >= 11 is 0. The number of alkyl halides is 2. The largest absolute Gasteiger partial charge is 0.328 e. The van der Waals surface area contributed by atoms with E-state index in [-0.39, 0.29) is 12.5 Å². The lowest BCUT2D eigenvalue weighted by Gasteiger charge is -2.07. The quantitative estimate of drug-likeness (QED) is 0.618. The molecular weight excluding hydrogens is 148 g/mol. The Bertz CT molecular complexity index is 121. The molecule has 0 aromatic heterocycles. The van der Waals surface area contributed by atoms with Crippen LogP contribution in [0.25, 0.3) is 0 Å². The van der Waals surface area contributed by atoms with Crippen molar-refractivity contribution < 1.29 is 8.78 Å². The standard InChI is InChI=1S/C8H15F2N/c1-6(5-7(2)11)3-4-8(9)10/h7-8H,1,3-5,11H2,2H3/t7-/m1/s1. The summed E-state index contributed by atoms with van der Waals surface area (Å²) in [4.78, 5) is 0. The highest BCUT2D eigenvalue weighted by Crippen LogP contribution is 2.12. The Hall–Kier alpha value is -0.440. The summed E-state index contributed by atoms with van der Waals surface area (Å²) in [6.45, 7) is 5.49. The molecule has 0 fully saturated rings. The van der Waals surface area contributed by atoms with Crippen LogP contribution in [0, 0.1) is 0 Å². The molecule has 0 aromatic carbocycles. The Balaban J connectivity index is 3.38. The van der Waals surface area contributed by atoms with Crippen LogP contribution < -0.4 is 5.73 Å². The third-order valence-corrected chi connectivity index (χ3v) is 1.33. The van der Waals surface area contributed by atoms with Gasteiger partial charge in [0.05, 0.1) is 0 Å². The van der Waals surface area contributed by atoms with Crippen molar-refractivity contribution in [1.82, 2.24) is 0 Å². The molecule has 11 heavy (non-hydrogen) atoms. The first-order valence-corrected chi connectivity index (χ1v) is 3.72. The smallest absolute Gasteiger partial charge is 0.238 e. The van der Waals surface area contributed by atoms with Gasteiger partial charge in [-0.3, -0.25) is 0 Å². The van der Waals surface area contributed by atoms with E-state index in [1.165, 1.54) is 0 Å². The van der Waals surface area contributed by atoms with E-state index in [9.17, 15) is 8.78 Å². The molecule has 1 nitrogen and oxygen atoms in total. The van der Waals surface area contributed by atoms with Crippen molar-refractivity contribution in [3.63, 3.8) is 0 Å². The Morgan fingerprint density at radius 1 is 1.55 bits per heavy atom. The van der Waals surface area contributed by atoms with Gasteiger partial charge in [0.15, 0.2) is 0 Å². The van der Waals surface area contributed by atoms with Gasteiger partial charge in [0, 0.05) is 12.5 Å². The Kier molecular flexibility index (Phi) is 5.03. The van der Waals surface area contributed by atoms with Crippen LogP contribution in [0.2, 0.25) is 0 Å². The fourth-order valence-corrected chi connectivity index (χ4v) is 0.871. The molecule has 0 aliphatic heterocycles. The van der Waals surface area contributed by atoms with Crippen molar-refractivity contribution >= 4 is 0 Å². The second-order valence-corrected chi connectivity index (χ2v) is 2.86. The molecule has 0 aliphatic rings. The van der Waals surface area contributed by atoms with E-state index in [1.54, 1.807) is 0 Å². The van der Waals surface area contributed by atoms with E-state index >= 15 is 0 Å². The van der Waals surface area contributed by atoms with Crippen molar-refractivity contribution in [2.45, 2.75) is 38.7 Å². The summed E-state index contributed by atoms with van der Waals surface area (Å²) in [7, 11) is 0. The molecule has 0 unspecified atom stereocenters. The molecule has 0 heterocycles. The summed E-state index contributed by atoms with van der Waals surface area (Å²) < 4.78 is 23.3. The fourth-order valence-electron chi connectivity index (χ4n) is 0.871. The predicted molar refractivity (Wildman–Crippen MR) is 42.6 cm³/mol. The molecule has 0 saturated carbocycles. The average molecular weight is 163 g/mol. The lowest BCUT2D eigenvalue weighted by atomic mass is 10.1. The maximum absolute atomic E-state index is 11.7. The maximum Gasteiger partial charge on any atom is 0.238 e. The minimum Gasteiger partial charge on any atom is -0.328 e. The van der Waals surface area contributed by atoms with Crippen LogP contribution in [0.3, 0.4) is 0 Å². The van der Waals surface area contributed by atoms with Crippen molar-refractivity contribution in [1.29, 1.82) is 0 Å². The molecule has 0 radical (unpaired) electrons. The summed E-state index contributed by atoms with van der Waals surface area (Å²) in [6, 6.07) is 0.0279. The van der Waals surface area contributed by atoms with E-state index in [2.05, 4.69) is 6.58 Å². The monoisotopic (exact) mass is 163 g/mol. The van der Waals surface area contributed by atoms with Gasteiger partial charge < -0.3 is 5.73 Å². The highest BCUT2D eigenvalue weighted by Gasteiger charge is 2.04. The highest BCUT2D eigenvalue weighted by molar-refractivity contribution is 4.96. The molecule has 1 atom stereocenters. The Morgan fingerprint density at radius 3 is 2.45 bits per heavy atom. The predicted octanol–water partition coefficient (Wildman–Crippen LogP) is 2.33. The Morgan fingerprint density at radius 2 is 2.09 bits per heavy atom. The third-order valence-electron chi connectivity index (χ3n) is 1.33. The lowest BCUT2D eigenvalue weighted by Crippen LogP contribution is -2.15. The van der Waals surface area contributed by atoms with Crippen molar-refractivity contribution in [3.05, 3.63) is 12.2 Å². The van der Waals surface area contributed by atoms with Gasteiger partial charge in [-0.15, -0.1) is 0 Å². The first kappa shape index (κ1) is 10.6. The fraction of sp³-hybridized carbons (Fsp3) is 0.750. The van der Waals surface area contributed by atoms with Gasteiger partial charge in [-0.2, -0.15) is 0 Å². The van der Waals surface area contributed by atoms with Crippen molar-refractivity contribution in [3.8, 4) is 0 Å². The van der Waals surface area contributed by atoms with Gasteiger partial charge in [0.1, 0.15) is 0 Å². The zero-order valence-electron chi connectivity index (χ0n) is 6.82. The third kappa shape index (κ3) is 7.46. The molecular formula is C8H15F2N. The number of rotatable bonds is 5. The summed E-state index contributed by atoms with van der Waals surface area (Å²) in [5.41, 5.74) is 6.27. The highest BCUT2D eigenvalue weighted by atomic mass is 19.3. The maximum atomic E-state index is 11.7. The lowest BCUT2D eigenvalue weighted by molar-refractivity contribution is 0.137. The average Bonchev–Trinajstić information content (AvgIpc) is 1.82. The first-order chi connectivity index (χ1) is 5.02. The van der Waals surface area contributed by atoms with Crippen LogP contribution in [-0.2, 0) is 0 Å². The summed E-state index contributed by atoms with van der Waals surface area (Å²) in [5.74, 6) is 0. The molecule has 0 bridgehead atoms.